The van der Waals surface area contributed by atoms with Crippen LogP contribution in [0.2, 0.25) is 0 Å². The first kappa shape index (κ1) is 19.0. The molecule has 1 heterocycles. The van der Waals surface area contributed by atoms with E-state index in [4.69, 9.17) is 4.99 Å². The molecule has 126 valence electrons. The molecule has 0 bridgehead atoms. The molecule has 4 nitrogen and oxygen atoms in total. The van der Waals surface area contributed by atoms with Gasteiger partial charge in [0.1, 0.15) is 0 Å². The maximum Gasteiger partial charge on any atom is 0.191 e. The summed E-state index contributed by atoms with van der Waals surface area (Å²) in [6, 6.07) is 4.90. The third-order valence-corrected chi connectivity index (χ3v) is 4.57. The summed E-state index contributed by atoms with van der Waals surface area (Å²) >= 11 is 1.83. The van der Waals surface area contributed by atoms with Crippen LogP contribution in [-0.2, 0) is 6.42 Å². The number of nitrogens with zero attached hydrogens (tertiary/aromatic N) is 2. The van der Waals surface area contributed by atoms with Crippen molar-refractivity contribution in [1.82, 2.24) is 15.5 Å². The average Bonchev–Trinajstić information content (AvgIpc) is 2.97. The van der Waals surface area contributed by atoms with Gasteiger partial charge in [-0.15, -0.1) is 11.3 Å². The monoisotopic (exact) mass is 324 g/mol. The Bertz CT molecular complexity index is 414. The summed E-state index contributed by atoms with van der Waals surface area (Å²) in [5.74, 6) is 1.49. The van der Waals surface area contributed by atoms with Crippen LogP contribution in [0.15, 0.2) is 22.5 Å². The van der Waals surface area contributed by atoms with Gasteiger partial charge in [-0.2, -0.15) is 0 Å². The van der Waals surface area contributed by atoms with E-state index in [0.29, 0.717) is 12.0 Å². The van der Waals surface area contributed by atoms with Crippen molar-refractivity contribution in [2.75, 3.05) is 33.2 Å². The van der Waals surface area contributed by atoms with Crippen LogP contribution in [0.25, 0.3) is 0 Å². The van der Waals surface area contributed by atoms with Gasteiger partial charge in [-0.05, 0) is 51.6 Å². The molecule has 2 N–H and O–H groups in total. The van der Waals surface area contributed by atoms with Gasteiger partial charge in [-0.25, -0.2) is 0 Å². The molecular formula is C17H32N4S. The van der Waals surface area contributed by atoms with Gasteiger partial charge in [-0.1, -0.05) is 13.0 Å². The van der Waals surface area contributed by atoms with E-state index < -0.39 is 0 Å². The van der Waals surface area contributed by atoms with E-state index in [0.717, 1.165) is 38.6 Å². The summed E-state index contributed by atoms with van der Waals surface area (Å²) in [5, 5.41) is 8.88. The second-order valence-electron chi connectivity index (χ2n) is 6.11. The lowest BCUT2D eigenvalue weighted by Gasteiger charge is -2.21. The minimum Gasteiger partial charge on any atom is -0.357 e. The number of aliphatic imine (C=N–C) groups is 1. The number of likely N-dealkylation sites (N-methyl/N-ethyl adjacent to an activating group) is 1. The maximum absolute atomic E-state index is 4.72. The molecule has 0 amide bonds. The van der Waals surface area contributed by atoms with Crippen molar-refractivity contribution in [1.29, 1.82) is 0 Å². The number of nitrogens with one attached hydrogen (secondary N) is 2. The number of hydrogen-bond donors (Lipinski definition) is 2. The lowest BCUT2D eigenvalue weighted by molar-refractivity contribution is 0.278. The quantitative estimate of drug-likeness (QED) is 0.542. The summed E-state index contributed by atoms with van der Waals surface area (Å²) in [6.45, 7) is 12.5. The van der Waals surface area contributed by atoms with E-state index >= 15 is 0 Å². The molecule has 1 aromatic rings. The Hall–Kier alpha value is -1.07. The van der Waals surface area contributed by atoms with Crippen LogP contribution < -0.4 is 10.6 Å². The van der Waals surface area contributed by atoms with Crippen molar-refractivity contribution in [2.24, 2.45) is 10.9 Å². The Balaban J connectivity index is 2.37. The fourth-order valence-electron chi connectivity index (χ4n) is 2.03. The van der Waals surface area contributed by atoms with Crippen LogP contribution in [0.4, 0.5) is 0 Å². The summed E-state index contributed by atoms with van der Waals surface area (Å²) < 4.78 is 0. The normalized spacial score (nSPS) is 13.7. The Kier molecular flexibility index (Phi) is 9.16. The molecule has 0 saturated heterocycles. The van der Waals surface area contributed by atoms with Gasteiger partial charge in [0.15, 0.2) is 5.96 Å². The third-order valence-electron chi connectivity index (χ3n) is 3.67. The Labute approximate surface area is 140 Å². The Morgan fingerprint density at radius 1 is 1.32 bits per heavy atom. The summed E-state index contributed by atoms with van der Waals surface area (Å²) in [6.07, 6.45) is 1.11. The molecule has 0 aliphatic carbocycles. The highest BCUT2D eigenvalue weighted by Gasteiger charge is 2.06. The molecule has 0 spiro atoms. The topological polar surface area (TPSA) is 39.7 Å². The lowest BCUT2D eigenvalue weighted by atomic mass is 10.1. The number of rotatable bonds is 9. The molecule has 0 aliphatic rings. The number of hydrogen-bond acceptors (Lipinski definition) is 3. The van der Waals surface area contributed by atoms with Gasteiger partial charge in [-0.3, -0.25) is 4.99 Å². The molecule has 1 atom stereocenters. The van der Waals surface area contributed by atoms with E-state index in [1.807, 2.05) is 11.3 Å². The summed E-state index contributed by atoms with van der Waals surface area (Å²) in [4.78, 5) is 8.49. The van der Waals surface area contributed by atoms with Gasteiger partial charge in [0.25, 0.3) is 0 Å². The van der Waals surface area contributed by atoms with Crippen LogP contribution in [0, 0.1) is 5.92 Å². The minimum absolute atomic E-state index is 0.562. The second kappa shape index (κ2) is 10.6. The highest BCUT2D eigenvalue weighted by atomic mass is 32.1. The molecule has 1 unspecified atom stereocenters. The standard InChI is InChI=1S/C17H32N4S/c1-6-18-17(19-9-10-21(5)14(2)3)20-13-15(4)12-16-8-7-11-22-16/h7-8,11,14-15H,6,9-10,12-13H2,1-5H3,(H2,18,19,20). The zero-order valence-corrected chi connectivity index (χ0v) is 15.5. The second-order valence-corrected chi connectivity index (χ2v) is 7.14. The molecule has 1 rings (SSSR count). The van der Waals surface area contributed by atoms with Crippen molar-refractivity contribution in [3.8, 4) is 0 Å². The van der Waals surface area contributed by atoms with Gasteiger partial charge >= 0.3 is 0 Å². The van der Waals surface area contributed by atoms with Crippen molar-refractivity contribution < 1.29 is 0 Å². The largest absolute Gasteiger partial charge is 0.357 e. The van der Waals surface area contributed by atoms with Crippen LogP contribution >= 0.6 is 11.3 Å². The first-order chi connectivity index (χ1) is 10.5. The van der Waals surface area contributed by atoms with E-state index in [2.05, 4.69) is 67.8 Å². The summed E-state index contributed by atoms with van der Waals surface area (Å²) in [5.41, 5.74) is 0. The van der Waals surface area contributed by atoms with Crippen LogP contribution in [0.5, 0.6) is 0 Å². The Morgan fingerprint density at radius 3 is 2.68 bits per heavy atom. The van der Waals surface area contributed by atoms with E-state index in [1.165, 1.54) is 4.88 Å². The average molecular weight is 325 g/mol. The van der Waals surface area contributed by atoms with Gasteiger partial charge in [0, 0.05) is 37.1 Å². The van der Waals surface area contributed by atoms with Gasteiger partial charge < -0.3 is 15.5 Å². The maximum atomic E-state index is 4.72. The lowest BCUT2D eigenvalue weighted by Crippen LogP contribution is -2.42. The molecule has 0 aliphatic heterocycles. The van der Waals surface area contributed by atoms with Crippen molar-refractivity contribution >= 4 is 17.3 Å². The van der Waals surface area contributed by atoms with Crippen molar-refractivity contribution in [3.05, 3.63) is 22.4 Å². The minimum atomic E-state index is 0.562. The number of guanidine groups is 1. The molecule has 0 saturated carbocycles. The molecule has 5 heteroatoms. The van der Waals surface area contributed by atoms with Crippen LogP contribution in [0.1, 0.15) is 32.6 Å². The third kappa shape index (κ3) is 7.80. The van der Waals surface area contributed by atoms with E-state index in [9.17, 15) is 0 Å². The van der Waals surface area contributed by atoms with Gasteiger partial charge in [0.2, 0.25) is 0 Å². The van der Waals surface area contributed by atoms with E-state index in [1.54, 1.807) is 0 Å². The van der Waals surface area contributed by atoms with E-state index in [-0.39, 0.29) is 0 Å². The highest BCUT2D eigenvalue weighted by Crippen LogP contribution is 2.14. The predicted molar refractivity (Wildman–Crippen MR) is 98.9 cm³/mol. The van der Waals surface area contributed by atoms with Crippen LogP contribution in [0.3, 0.4) is 0 Å². The molecular weight excluding hydrogens is 292 g/mol. The first-order valence-electron chi connectivity index (χ1n) is 8.27. The fraction of sp³-hybridized carbons (Fsp3) is 0.706. The smallest absolute Gasteiger partial charge is 0.191 e. The predicted octanol–water partition coefficient (Wildman–Crippen LogP) is 2.82. The number of thiophene rings is 1. The first-order valence-corrected chi connectivity index (χ1v) is 9.15. The van der Waals surface area contributed by atoms with Gasteiger partial charge in [0.05, 0.1) is 0 Å². The Morgan fingerprint density at radius 2 is 2.09 bits per heavy atom. The molecule has 0 aromatic carbocycles. The molecule has 22 heavy (non-hydrogen) atoms. The SMILES string of the molecule is CCNC(=NCC(C)Cc1cccs1)NCCN(C)C(C)C. The van der Waals surface area contributed by atoms with Crippen molar-refractivity contribution in [3.63, 3.8) is 0 Å². The molecule has 1 aromatic heterocycles. The zero-order chi connectivity index (χ0) is 16.4. The summed E-state index contributed by atoms with van der Waals surface area (Å²) in [7, 11) is 2.15. The molecule has 0 radical (unpaired) electrons. The van der Waals surface area contributed by atoms with Crippen molar-refractivity contribution in [2.45, 2.75) is 40.2 Å². The fourth-order valence-corrected chi connectivity index (χ4v) is 2.90. The molecule has 0 fully saturated rings. The van der Waals surface area contributed by atoms with Crippen LogP contribution in [-0.4, -0.2) is 50.1 Å². The zero-order valence-electron chi connectivity index (χ0n) is 14.7. The highest BCUT2D eigenvalue weighted by molar-refractivity contribution is 7.09.